The van der Waals surface area contributed by atoms with Crippen molar-refractivity contribution >= 4 is 11.7 Å². The van der Waals surface area contributed by atoms with E-state index >= 15 is 0 Å². The van der Waals surface area contributed by atoms with Gasteiger partial charge < -0.3 is 14.8 Å². The molecular formula is C18H14F13NO3. The van der Waals surface area contributed by atoms with Gasteiger partial charge in [-0.05, 0) is 31.2 Å². The second kappa shape index (κ2) is 9.64. The molecule has 0 saturated heterocycles. The quantitative estimate of drug-likeness (QED) is 0.216. The zero-order valence-corrected chi connectivity index (χ0v) is 17.2. The van der Waals surface area contributed by atoms with E-state index in [2.05, 4.69) is 4.74 Å². The zero-order chi connectivity index (χ0) is 27.7. The van der Waals surface area contributed by atoms with Gasteiger partial charge in [0.15, 0.2) is 0 Å². The Morgan fingerprint density at radius 2 is 1.26 bits per heavy atom. The van der Waals surface area contributed by atoms with E-state index in [4.69, 9.17) is 4.74 Å². The highest BCUT2D eigenvalue weighted by atomic mass is 19.4. The molecule has 0 spiro atoms. The van der Waals surface area contributed by atoms with Crippen LogP contribution < -0.4 is 10.1 Å². The molecular weight excluding hydrogens is 525 g/mol. The van der Waals surface area contributed by atoms with Crippen molar-refractivity contribution in [3.8, 4) is 5.75 Å². The second-order valence-corrected chi connectivity index (χ2v) is 6.53. The minimum atomic E-state index is -8.07. The summed E-state index contributed by atoms with van der Waals surface area (Å²) in [6.07, 6.45) is -8.12. The first-order valence-electron chi connectivity index (χ1n) is 8.87. The van der Waals surface area contributed by atoms with E-state index in [-0.39, 0.29) is 5.75 Å². The number of methoxy groups -OCH3 is 1. The molecule has 0 fully saturated rings. The molecule has 0 radical (unpaired) electrons. The van der Waals surface area contributed by atoms with Gasteiger partial charge in [0.2, 0.25) is 0 Å². The minimum absolute atomic E-state index is 0.0455. The Bertz CT molecular complexity index is 925. The Morgan fingerprint density at radius 1 is 0.800 bits per heavy atom. The first-order chi connectivity index (χ1) is 15.6. The summed E-state index contributed by atoms with van der Waals surface area (Å²) in [4.78, 5) is 11.5. The summed E-state index contributed by atoms with van der Waals surface area (Å²) in [6, 6.07) is 3.56. The maximum absolute atomic E-state index is 14.6. The third kappa shape index (κ3) is 5.22. The molecule has 0 heterocycles. The van der Waals surface area contributed by atoms with E-state index < -0.39 is 65.8 Å². The molecule has 1 aromatic rings. The van der Waals surface area contributed by atoms with Crippen molar-refractivity contribution in [2.75, 3.05) is 19.0 Å². The molecule has 35 heavy (non-hydrogen) atoms. The van der Waals surface area contributed by atoms with Gasteiger partial charge >= 0.3 is 41.8 Å². The van der Waals surface area contributed by atoms with Crippen molar-refractivity contribution in [1.29, 1.82) is 0 Å². The number of nitrogens with one attached hydrogen (secondary N) is 1. The first-order valence-corrected chi connectivity index (χ1v) is 8.87. The molecule has 0 saturated carbocycles. The van der Waals surface area contributed by atoms with E-state index in [9.17, 15) is 61.9 Å². The Balaban J connectivity index is 3.67. The number of carbonyl (C=O) groups excluding carboxylic acids is 1. The Kier molecular flexibility index (Phi) is 8.30. The number of esters is 1. The van der Waals surface area contributed by atoms with Crippen LogP contribution in [0.15, 0.2) is 36.0 Å². The Hall–Kier alpha value is -2.88. The number of carbonyl (C=O) groups is 1. The third-order valence-corrected chi connectivity index (χ3v) is 4.19. The normalized spacial score (nSPS) is 14.5. The number of hydrogen-bond donors (Lipinski definition) is 1. The molecule has 0 unspecified atom stereocenters. The molecule has 0 bridgehead atoms. The summed E-state index contributed by atoms with van der Waals surface area (Å²) in [6.45, 7) is 0.502. The molecule has 200 valence electrons. The topological polar surface area (TPSA) is 47.6 Å². The summed E-state index contributed by atoms with van der Waals surface area (Å²) in [7, 11) is 1.14. The number of rotatable bonds is 10. The number of benzene rings is 1. The largest absolute Gasteiger partial charge is 0.497 e. The fourth-order valence-electron chi connectivity index (χ4n) is 2.28. The number of allylic oxidation sites excluding steroid dienone is 1. The van der Waals surface area contributed by atoms with Crippen LogP contribution in [0.4, 0.5) is 62.8 Å². The smallest absolute Gasteiger partial charge is 0.460 e. The van der Waals surface area contributed by atoms with Gasteiger partial charge in [0, 0.05) is 11.8 Å². The second-order valence-electron chi connectivity index (χ2n) is 6.53. The molecule has 0 aromatic heterocycles. The minimum Gasteiger partial charge on any atom is -0.497 e. The Morgan fingerprint density at radius 3 is 1.66 bits per heavy atom. The Labute approximate surface area is 187 Å². The van der Waals surface area contributed by atoms with Gasteiger partial charge in [-0.3, -0.25) is 0 Å². The highest BCUT2D eigenvalue weighted by Gasteiger charge is 2.91. The molecule has 0 amide bonds. The summed E-state index contributed by atoms with van der Waals surface area (Å²) in [5.74, 6) is -40.1. The molecule has 0 atom stereocenters. The van der Waals surface area contributed by atoms with E-state index in [1.54, 1.807) is 0 Å². The predicted octanol–water partition coefficient (Wildman–Crippen LogP) is 6.29. The lowest BCUT2D eigenvalue weighted by Gasteiger charge is -2.40. The van der Waals surface area contributed by atoms with Crippen LogP contribution in [0.5, 0.6) is 5.75 Å². The van der Waals surface area contributed by atoms with Gasteiger partial charge in [-0.2, -0.15) is 57.1 Å². The van der Waals surface area contributed by atoms with Crippen LogP contribution in [0.2, 0.25) is 0 Å². The number of ether oxygens (including phenoxy) is 2. The lowest BCUT2D eigenvalue weighted by Crippen LogP contribution is -2.70. The van der Waals surface area contributed by atoms with Gasteiger partial charge in [-0.1, -0.05) is 0 Å². The number of anilines is 1. The number of hydrogen-bond acceptors (Lipinski definition) is 4. The average Bonchev–Trinajstić information content (AvgIpc) is 2.72. The van der Waals surface area contributed by atoms with Crippen LogP contribution in [0, 0.1) is 0 Å². The fraction of sp³-hybridized carbons (Fsp3) is 0.500. The van der Waals surface area contributed by atoms with Crippen LogP contribution in [-0.4, -0.2) is 55.5 Å². The van der Waals surface area contributed by atoms with Crippen molar-refractivity contribution in [3.63, 3.8) is 0 Å². The summed E-state index contributed by atoms with van der Waals surface area (Å²) in [5, 5.41) is 1.35. The maximum atomic E-state index is 14.6. The molecule has 1 rings (SSSR count). The van der Waals surface area contributed by atoms with Crippen LogP contribution in [-0.2, 0) is 9.53 Å². The average molecular weight is 539 g/mol. The van der Waals surface area contributed by atoms with Crippen LogP contribution in [0.3, 0.4) is 0 Å². The highest BCUT2D eigenvalue weighted by Crippen LogP contribution is 2.61. The monoisotopic (exact) mass is 539 g/mol. The van der Waals surface area contributed by atoms with Gasteiger partial charge in [0.25, 0.3) is 0 Å². The van der Waals surface area contributed by atoms with Crippen LogP contribution in [0.1, 0.15) is 6.92 Å². The van der Waals surface area contributed by atoms with Gasteiger partial charge in [-0.25, -0.2) is 4.79 Å². The summed E-state index contributed by atoms with van der Waals surface area (Å²) < 4.78 is 184. The molecule has 1 N–H and O–H groups in total. The predicted molar refractivity (Wildman–Crippen MR) is 92.1 cm³/mol. The molecule has 17 heteroatoms. The molecule has 1 aromatic carbocycles. The van der Waals surface area contributed by atoms with Crippen molar-refractivity contribution in [3.05, 3.63) is 36.0 Å². The number of halogens is 13. The van der Waals surface area contributed by atoms with E-state index in [0.717, 1.165) is 38.3 Å². The van der Waals surface area contributed by atoms with E-state index in [1.165, 1.54) is 5.32 Å². The standard InChI is InChI=1S/C18H14F13NO3/c1-3-35-12(33)8-11(32-9-4-6-10(34-2)7-5-9)13(19,20)14(21,22)15(23,24)16(25,26)17(27,28)18(29,30)31/h4-8,32H,3H2,1-2H3/b11-8-. The van der Waals surface area contributed by atoms with Gasteiger partial charge in [0.05, 0.1) is 19.4 Å². The highest BCUT2D eigenvalue weighted by molar-refractivity contribution is 5.84. The SMILES string of the molecule is CCOC(=O)/C=C(\Nc1ccc(OC)cc1)C(F)(F)C(F)(F)C(F)(F)C(F)(F)C(F)(F)C(F)(F)F. The van der Waals surface area contributed by atoms with E-state index in [1.807, 2.05) is 0 Å². The van der Waals surface area contributed by atoms with Crippen molar-refractivity contribution in [2.45, 2.75) is 42.7 Å². The molecule has 0 aliphatic heterocycles. The number of alkyl halides is 13. The molecule has 4 nitrogen and oxygen atoms in total. The van der Waals surface area contributed by atoms with Gasteiger partial charge in [-0.15, -0.1) is 0 Å². The summed E-state index contributed by atoms with van der Waals surface area (Å²) in [5.41, 5.74) is -3.26. The van der Waals surface area contributed by atoms with Crippen molar-refractivity contribution in [1.82, 2.24) is 0 Å². The zero-order valence-electron chi connectivity index (χ0n) is 17.2. The third-order valence-electron chi connectivity index (χ3n) is 4.19. The summed E-state index contributed by atoms with van der Waals surface area (Å²) >= 11 is 0. The van der Waals surface area contributed by atoms with Crippen molar-refractivity contribution < 1.29 is 71.3 Å². The van der Waals surface area contributed by atoms with Gasteiger partial charge in [0.1, 0.15) is 5.75 Å². The molecule has 0 aliphatic rings. The van der Waals surface area contributed by atoms with Crippen LogP contribution in [0.25, 0.3) is 0 Å². The molecule has 0 aliphatic carbocycles. The maximum Gasteiger partial charge on any atom is 0.460 e. The lowest BCUT2D eigenvalue weighted by atomic mass is 9.92. The fourth-order valence-corrected chi connectivity index (χ4v) is 2.28. The first kappa shape index (κ1) is 30.2. The van der Waals surface area contributed by atoms with Crippen molar-refractivity contribution in [2.24, 2.45) is 0 Å². The lowest BCUT2D eigenvalue weighted by molar-refractivity contribution is -0.436. The van der Waals surface area contributed by atoms with E-state index in [0.29, 0.717) is 0 Å². The van der Waals surface area contributed by atoms with Crippen LogP contribution >= 0.6 is 0 Å².